The zero-order valence-corrected chi connectivity index (χ0v) is 11.6. The normalized spacial score (nSPS) is 39.4. The average Bonchev–Trinajstić information content (AvgIpc) is 2.45. The van der Waals surface area contributed by atoms with Crippen molar-refractivity contribution in [2.24, 2.45) is 0 Å². The summed E-state index contributed by atoms with van der Waals surface area (Å²) in [7, 11) is 0. The number of carbonyl (C=O) groups is 1. The lowest BCUT2D eigenvalue weighted by atomic mass is 9.89. The number of rotatable bonds is 5. The van der Waals surface area contributed by atoms with Gasteiger partial charge >= 0.3 is 0 Å². The average molecular weight is 310 g/mol. The van der Waals surface area contributed by atoms with Crippen molar-refractivity contribution in [2.45, 2.75) is 68.8 Å². The summed E-state index contributed by atoms with van der Waals surface area (Å²) >= 11 is 0. The Labute approximate surface area is 121 Å². The summed E-state index contributed by atoms with van der Waals surface area (Å²) in [5, 5.41) is 66.6. The standard InChI is InChI=1S/C12H22O9/c1-3(13)5(14)7(16)9(18)11(20)12-10(19)8(17)6(15)4(2)21-12/h3-10,12-19H,1-2H3/t3-,4-,5+,6+,7+,8+,9-,10-,12?/m0/s1. The van der Waals surface area contributed by atoms with E-state index in [0.29, 0.717) is 0 Å². The predicted octanol–water partition coefficient (Wildman–Crippen LogP) is -4.11. The maximum absolute atomic E-state index is 12.0. The van der Waals surface area contributed by atoms with Crippen LogP contribution in [0, 0.1) is 0 Å². The van der Waals surface area contributed by atoms with E-state index in [1.165, 1.54) is 6.92 Å². The van der Waals surface area contributed by atoms with Crippen molar-refractivity contribution < 1.29 is 45.3 Å². The third-order valence-corrected chi connectivity index (χ3v) is 3.59. The molecule has 0 amide bonds. The van der Waals surface area contributed by atoms with Gasteiger partial charge in [0, 0.05) is 0 Å². The molecule has 1 aliphatic rings. The summed E-state index contributed by atoms with van der Waals surface area (Å²) in [5.74, 6) is -1.17. The smallest absolute Gasteiger partial charge is 0.195 e. The molecule has 0 radical (unpaired) electrons. The second-order valence-corrected chi connectivity index (χ2v) is 5.30. The third kappa shape index (κ3) is 3.76. The maximum atomic E-state index is 12.0. The Balaban J connectivity index is 2.82. The molecular formula is C12H22O9. The van der Waals surface area contributed by atoms with Crippen molar-refractivity contribution in [3.05, 3.63) is 0 Å². The van der Waals surface area contributed by atoms with Crippen LogP contribution in [0.1, 0.15) is 13.8 Å². The fourth-order valence-corrected chi connectivity index (χ4v) is 2.10. The predicted molar refractivity (Wildman–Crippen MR) is 67.1 cm³/mol. The van der Waals surface area contributed by atoms with Gasteiger partial charge in [0.25, 0.3) is 0 Å². The SMILES string of the molecule is C[C@H](O)[C@@H](O)[C@@H](O)[C@H](O)C(=O)C1O[C@@H](C)[C@@H](O)[C@@H](O)[C@@H]1O. The summed E-state index contributed by atoms with van der Waals surface area (Å²) in [5.41, 5.74) is 0. The van der Waals surface area contributed by atoms with Crippen molar-refractivity contribution in [1.82, 2.24) is 0 Å². The van der Waals surface area contributed by atoms with E-state index in [0.717, 1.165) is 6.92 Å². The van der Waals surface area contributed by atoms with Gasteiger partial charge in [-0.25, -0.2) is 0 Å². The molecule has 1 saturated heterocycles. The van der Waals surface area contributed by atoms with Crippen molar-refractivity contribution in [1.29, 1.82) is 0 Å². The van der Waals surface area contributed by atoms with Gasteiger partial charge in [0.15, 0.2) is 5.78 Å². The van der Waals surface area contributed by atoms with Crippen molar-refractivity contribution >= 4 is 5.78 Å². The molecule has 0 aliphatic carbocycles. The summed E-state index contributed by atoms with van der Waals surface area (Å²) < 4.78 is 5.03. The fraction of sp³-hybridized carbons (Fsp3) is 0.917. The number of Topliss-reactive ketones (excluding diaryl/α,β-unsaturated/α-hetero) is 1. The number of ether oxygens (including phenoxy) is 1. The van der Waals surface area contributed by atoms with Gasteiger partial charge in [0.1, 0.15) is 42.7 Å². The highest BCUT2D eigenvalue weighted by molar-refractivity contribution is 5.88. The zero-order chi connectivity index (χ0) is 16.5. The van der Waals surface area contributed by atoms with Gasteiger partial charge in [-0.05, 0) is 13.8 Å². The molecule has 1 unspecified atom stereocenters. The lowest BCUT2D eigenvalue weighted by Crippen LogP contribution is -2.62. The van der Waals surface area contributed by atoms with Crippen molar-refractivity contribution in [3.8, 4) is 0 Å². The fourth-order valence-electron chi connectivity index (χ4n) is 2.10. The van der Waals surface area contributed by atoms with Gasteiger partial charge in [-0.1, -0.05) is 0 Å². The largest absolute Gasteiger partial charge is 0.391 e. The molecule has 1 heterocycles. The highest BCUT2D eigenvalue weighted by Gasteiger charge is 2.48. The lowest BCUT2D eigenvalue weighted by Gasteiger charge is -2.39. The molecule has 1 rings (SSSR count). The third-order valence-electron chi connectivity index (χ3n) is 3.59. The molecule has 9 nitrogen and oxygen atoms in total. The minimum atomic E-state index is -2.14. The molecule has 9 atom stereocenters. The van der Waals surface area contributed by atoms with Gasteiger partial charge in [-0.15, -0.1) is 0 Å². The first kappa shape index (κ1) is 18.4. The van der Waals surface area contributed by atoms with Crippen LogP contribution in [0.3, 0.4) is 0 Å². The number of hydrogen-bond acceptors (Lipinski definition) is 9. The van der Waals surface area contributed by atoms with E-state index in [4.69, 9.17) is 9.84 Å². The van der Waals surface area contributed by atoms with E-state index in [1.807, 2.05) is 0 Å². The van der Waals surface area contributed by atoms with E-state index in [9.17, 15) is 35.4 Å². The van der Waals surface area contributed by atoms with Gasteiger partial charge < -0.3 is 40.5 Å². The monoisotopic (exact) mass is 310 g/mol. The first-order valence-corrected chi connectivity index (χ1v) is 6.55. The molecule has 0 spiro atoms. The molecular weight excluding hydrogens is 288 g/mol. The quantitative estimate of drug-likeness (QED) is 0.267. The van der Waals surface area contributed by atoms with Crippen LogP contribution in [-0.2, 0) is 9.53 Å². The molecule has 0 bridgehead atoms. The van der Waals surface area contributed by atoms with Crippen molar-refractivity contribution in [3.63, 3.8) is 0 Å². The number of aliphatic hydroxyl groups excluding tert-OH is 7. The first-order chi connectivity index (χ1) is 9.59. The van der Waals surface area contributed by atoms with Gasteiger partial charge in [-0.3, -0.25) is 4.79 Å². The second kappa shape index (κ2) is 7.07. The van der Waals surface area contributed by atoms with E-state index >= 15 is 0 Å². The molecule has 21 heavy (non-hydrogen) atoms. The maximum Gasteiger partial charge on any atom is 0.195 e. The highest BCUT2D eigenvalue weighted by Crippen LogP contribution is 2.23. The Hall–Kier alpha value is -0.650. The van der Waals surface area contributed by atoms with Crippen LogP contribution in [-0.4, -0.2) is 96.5 Å². The van der Waals surface area contributed by atoms with E-state index in [1.54, 1.807) is 0 Å². The molecule has 0 aromatic heterocycles. The molecule has 9 heteroatoms. The number of ketones is 1. The molecule has 7 N–H and O–H groups in total. The summed E-state index contributed by atoms with van der Waals surface area (Å²) in [6.45, 7) is 2.51. The van der Waals surface area contributed by atoms with Crippen LogP contribution >= 0.6 is 0 Å². The van der Waals surface area contributed by atoms with E-state index in [2.05, 4.69) is 0 Å². The number of hydrogen-bond donors (Lipinski definition) is 7. The summed E-state index contributed by atoms with van der Waals surface area (Å²) in [6.07, 6.45) is -14.8. The number of aliphatic hydroxyl groups is 7. The highest BCUT2D eigenvalue weighted by atomic mass is 16.5. The van der Waals surface area contributed by atoms with Crippen LogP contribution in [0.25, 0.3) is 0 Å². The Bertz CT molecular complexity index is 361. The minimum absolute atomic E-state index is 0.983. The molecule has 0 aromatic carbocycles. The Morgan fingerprint density at radius 1 is 0.952 bits per heavy atom. The summed E-state index contributed by atoms with van der Waals surface area (Å²) in [6, 6.07) is 0. The van der Waals surface area contributed by atoms with Crippen LogP contribution < -0.4 is 0 Å². The second-order valence-electron chi connectivity index (χ2n) is 5.30. The first-order valence-electron chi connectivity index (χ1n) is 6.55. The van der Waals surface area contributed by atoms with Crippen LogP contribution in [0.5, 0.6) is 0 Å². The molecule has 1 fully saturated rings. The Morgan fingerprint density at radius 2 is 1.48 bits per heavy atom. The van der Waals surface area contributed by atoms with Gasteiger partial charge in [0.05, 0.1) is 12.2 Å². The van der Waals surface area contributed by atoms with Crippen molar-refractivity contribution in [2.75, 3.05) is 0 Å². The molecule has 124 valence electrons. The Morgan fingerprint density at radius 3 is 1.95 bits per heavy atom. The topological polar surface area (TPSA) is 168 Å². The summed E-state index contributed by atoms with van der Waals surface area (Å²) in [4.78, 5) is 12.0. The van der Waals surface area contributed by atoms with E-state index < -0.39 is 60.7 Å². The van der Waals surface area contributed by atoms with Crippen LogP contribution in [0.15, 0.2) is 0 Å². The Kier molecular flexibility index (Phi) is 6.20. The number of carbonyl (C=O) groups excluding carboxylic acids is 1. The van der Waals surface area contributed by atoms with Crippen LogP contribution in [0.2, 0.25) is 0 Å². The van der Waals surface area contributed by atoms with Crippen LogP contribution in [0.4, 0.5) is 0 Å². The minimum Gasteiger partial charge on any atom is -0.391 e. The van der Waals surface area contributed by atoms with E-state index in [-0.39, 0.29) is 0 Å². The molecule has 0 aromatic rings. The lowest BCUT2D eigenvalue weighted by molar-refractivity contribution is -0.221. The van der Waals surface area contributed by atoms with Gasteiger partial charge in [-0.2, -0.15) is 0 Å². The molecule has 1 aliphatic heterocycles. The zero-order valence-electron chi connectivity index (χ0n) is 11.6. The molecule has 0 saturated carbocycles. The van der Waals surface area contributed by atoms with Gasteiger partial charge in [0.2, 0.25) is 0 Å².